The zero-order valence-electron chi connectivity index (χ0n) is 14.2. The van der Waals surface area contributed by atoms with Crippen molar-refractivity contribution in [3.63, 3.8) is 0 Å². The third-order valence-electron chi connectivity index (χ3n) is 2.95. The molecule has 1 amide bonds. The lowest BCUT2D eigenvalue weighted by molar-refractivity contribution is -0.139. The molecule has 8 nitrogen and oxygen atoms in total. The Morgan fingerprint density at radius 2 is 1.88 bits per heavy atom. The SMILES string of the molecule is CCOC(=O)CSc1nnc(NC(=O)c2cc(OC)c(Br)c(OC)c2)s1. The summed E-state index contributed by atoms with van der Waals surface area (Å²) in [5.74, 6) is 0.367. The van der Waals surface area contributed by atoms with Crippen molar-refractivity contribution < 1.29 is 23.8 Å². The zero-order valence-corrected chi connectivity index (χ0v) is 17.4. The average Bonchev–Trinajstić information content (AvgIpc) is 3.07. The fraction of sp³-hybridized carbons (Fsp3) is 0.333. The van der Waals surface area contributed by atoms with E-state index in [9.17, 15) is 9.59 Å². The number of nitrogens with one attached hydrogen (secondary N) is 1. The maximum atomic E-state index is 12.4. The molecule has 0 aliphatic rings. The molecule has 0 saturated heterocycles. The summed E-state index contributed by atoms with van der Waals surface area (Å²) in [6.07, 6.45) is 0. The van der Waals surface area contributed by atoms with Gasteiger partial charge in [-0.3, -0.25) is 14.9 Å². The first-order valence-corrected chi connectivity index (χ1v) is 9.92. The van der Waals surface area contributed by atoms with Crippen molar-refractivity contribution in [1.29, 1.82) is 0 Å². The summed E-state index contributed by atoms with van der Waals surface area (Å²) in [4.78, 5) is 23.8. The van der Waals surface area contributed by atoms with Crippen molar-refractivity contribution >= 4 is 56.0 Å². The minimum absolute atomic E-state index is 0.136. The number of halogens is 1. The summed E-state index contributed by atoms with van der Waals surface area (Å²) in [5.41, 5.74) is 0.345. The lowest BCUT2D eigenvalue weighted by Gasteiger charge is -2.10. The molecule has 140 valence electrons. The zero-order chi connectivity index (χ0) is 19.1. The Morgan fingerprint density at radius 1 is 1.23 bits per heavy atom. The van der Waals surface area contributed by atoms with Gasteiger partial charge < -0.3 is 14.2 Å². The first kappa shape index (κ1) is 20.5. The summed E-state index contributed by atoms with van der Waals surface area (Å²) in [5, 5.41) is 10.8. The molecule has 1 heterocycles. The highest BCUT2D eigenvalue weighted by atomic mass is 79.9. The molecule has 0 radical (unpaired) electrons. The van der Waals surface area contributed by atoms with Crippen LogP contribution >= 0.6 is 39.0 Å². The van der Waals surface area contributed by atoms with Crippen LogP contribution in [0, 0.1) is 0 Å². The van der Waals surface area contributed by atoms with E-state index in [0.717, 1.165) is 0 Å². The Hall–Kier alpha value is -1.85. The van der Waals surface area contributed by atoms with Crippen LogP contribution in [0.2, 0.25) is 0 Å². The Kier molecular flexibility index (Phi) is 7.66. The van der Waals surface area contributed by atoms with Crippen LogP contribution in [0.25, 0.3) is 0 Å². The van der Waals surface area contributed by atoms with E-state index in [-0.39, 0.29) is 17.6 Å². The van der Waals surface area contributed by atoms with Crippen molar-refractivity contribution in [1.82, 2.24) is 10.2 Å². The fourth-order valence-electron chi connectivity index (χ4n) is 1.81. The van der Waals surface area contributed by atoms with Gasteiger partial charge in [0, 0.05) is 5.56 Å². The maximum absolute atomic E-state index is 12.4. The lowest BCUT2D eigenvalue weighted by atomic mass is 10.2. The van der Waals surface area contributed by atoms with Crippen LogP contribution in [-0.4, -0.2) is 48.7 Å². The van der Waals surface area contributed by atoms with Crippen molar-refractivity contribution in [2.24, 2.45) is 0 Å². The predicted molar refractivity (Wildman–Crippen MR) is 102 cm³/mol. The molecule has 2 aromatic rings. The molecule has 0 unspecified atom stereocenters. The molecule has 0 bridgehead atoms. The van der Waals surface area contributed by atoms with Gasteiger partial charge in [-0.05, 0) is 35.0 Å². The van der Waals surface area contributed by atoms with Crippen molar-refractivity contribution in [2.75, 3.05) is 31.9 Å². The van der Waals surface area contributed by atoms with Gasteiger partial charge in [-0.1, -0.05) is 23.1 Å². The van der Waals surface area contributed by atoms with E-state index in [4.69, 9.17) is 14.2 Å². The molecule has 2 rings (SSSR count). The molecule has 26 heavy (non-hydrogen) atoms. The number of hydrogen-bond acceptors (Lipinski definition) is 9. The number of thioether (sulfide) groups is 1. The molecule has 0 fully saturated rings. The van der Waals surface area contributed by atoms with Crippen molar-refractivity contribution in [2.45, 2.75) is 11.3 Å². The highest BCUT2D eigenvalue weighted by molar-refractivity contribution is 9.10. The molecule has 0 saturated carbocycles. The number of carbonyl (C=O) groups is 2. The molecule has 1 aromatic carbocycles. The number of amides is 1. The number of rotatable bonds is 8. The van der Waals surface area contributed by atoms with Crippen LogP contribution in [0.4, 0.5) is 5.13 Å². The Bertz CT molecular complexity index is 774. The van der Waals surface area contributed by atoms with E-state index in [1.165, 1.54) is 37.3 Å². The predicted octanol–water partition coefficient (Wildman–Crippen LogP) is 3.23. The molecule has 1 aromatic heterocycles. The van der Waals surface area contributed by atoms with Gasteiger partial charge in [-0.15, -0.1) is 10.2 Å². The molecule has 0 aliphatic heterocycles. The van der Waals surface area contributed by atoms with Crippen molar-refractivity contribution in [3.05, 3.63) is 22.2 Å². The molecule has 0 aliphatic carbocycles. The van der Waals surface area contributed by atoms with Crippen LogP contribution in [0.15, 0.2) is 20.9 Å². The summed E-state index contributed by atoms with van der Waals surface area (Å²) in [6.45, 7) is 2.07. The van der Waals surface area contributed by atoms with Gasteiger partial charge in [0.05, 0.1) is 26.6 Å². The quantitative estimate of drug-likeness (QED) is 0.363. The molecule has 0 spiro atoms. The van der Waals surface area contributed by atoms with Crippen LogP contribution in [0.1, 0.15) is 17.3 Å². The van der Waals surface area contributed by atoms with E-state index >= 15 is 0 Å². The number of methoxy groups -OCH3 is 2. The smallest absolute Gasteiger partial charge is 0.316 e. The second-order valence-corrected chi connectivity index (χ2v) is 7.61. The highest BCUT2D eigenvalue weighted by Crippen LogP contribution is 2.36. The topological polar surface area (TPSA) is 99.6 Å². The van der Waals surface area contributed by atoms with Crippen LogP contribution < -0.4 is 14.8 Å². The van der Waals surface area contributed by atoms with E-state index in [1.54, 1.807) is 19.1 Å². The van der Waals surface area contributed by atoms with E-state index < -0.39 is 0 Å². The molecule has 1 N–H and O–H groups in total. The largest absolute Gasteiger partial charge is 0.495 e. The van der Waals surface area contributed by atoms with Gasteiger partial charge in [0.2, 0.25) is 5.13 Å². The number of esters is 1. The molecular weight excluding hydrogens is 446 g/mol. The number of hydrogen-bond donors (Lipinski definition) is 1. The lowest BCUT2D eigenvalue weighted by Crippen LogP contribution is -2.12. The first-order valence-electron chi connectivity index (χ1n) is 7.33. The first-order chi connectivity index (χ1) is 12.5. The number of benzene rings is 1. The Labute approximate surface area is 166 Å². The number of nitrogens with zero attached hydrogens (tertiary/aromatic N) is 2. The second-order valence-electron chi connectivity index (χ2n) is 4.62. The average molecular weight is 462 g/mol. The number of anilines is 1. The third kappa shape index (κ3) is 5.32. The van der Waals surface area contributed by atoms with Gasteiger partial charge in [0.25, 0.3) is 5.91 Å². The minimum Gasteiger partial charge on any atom is -0.495 e. The third-order valence-corrected chi connectivity index (χ3v) is 5.68. The normalized spacial score (nSPS) is 10.3. The molecule has 0 atom stereocenters. The van der Waals surface area contributed by atoms with Gasteiger partial charge in [-0.25, -0.2) is 0 Å². The molecular formula is C15H16BrN3O5S2. The Balaban J connectivity index is 2.05. The monoisotopic (exact) mass is 461 g/mol. The van der Waals surface area contributed by atoms with Gasteiger partial charge >= 0.3 is 5.97 Å². The molecule has 11 heteroatoms. The standard InChI is InChI=1S/C15H16BrN3O5S2/c1-4-24-11(20)7-25-15-19-18-14(26-15)17-13(21)8-5-9(22-2)12(16)10(6-8)23-3/h5-6H,4,7H2,1-3H3,(H,17,18,21). The summed E-state index contributed by atoms with van der Waals surface area (Å²) < 4.78 is 16.5. The second kappa shape index (κ2) is 9.74. The fourth-order valence-corrected chi connectivity index (χ4v) is 3.91. The minimum atomic E-state index is -0.382. The number of aromatic nitrogens is 2. The number of ether oxygens (including phenoxy) is 3. The van der Waals surface area contributed by atoms with Gasteiger partial charge in [0.15, 0.2) is 4.34 Å². The van der Waals surface area contributed by atoms with Crippen LogP contribution in [0.3, 0.4) is 0 Å². The van der Waals surface area contributed by atoms with Crippen molar-refractivity contribution in [3.8, 4) is 11.5 Å². The summed E-state index contributed by atoms with van der Waals surface area (Å²) in [6, 6.07) is 3.17. The summed E-state index contributed by atoms with van der Waals surface area (Å²) >= 11 is 5.72. The van der Waals surface area contributed by atoms with Crippen LogP contribution in [0.5, 0.6) is 11.5 Å². The maximum Gasteiger partial charge on any atom is 0.316 e. The van der Waals surface area contributed by atoms with E-state index in [2.05, 4.69) is 31.4 Å². The Morgan fingerprint density at radius 3 is 2.46 bits per heavy atom. The van der Waals surface area contributed by atoms with E-state index in [0.29, 0.717) is 37.6 Å². The van der Waals surface area contributed by atoms with E-state index in [1.807, 2.05) is 0 Å². The van der Waals surface area contributed by atoms with Gasteiger partial charge in [-0.2, -0.15) is 0 Å². The summed E-state index contributed by atoms with van der Waals surface area (Å²) in [7, 11) is 3.00. The van der Waals surface area contributed by atoms with Crippen LogP contribution in [-0.2, 0) is 9.53 Å². The highest BCUT2D eigenvalue weighted by Gasteiger charge is 2.16. The number of carbonyl (C=O) groups excluding carboxylic acids is 2. The van der Waals surface area contributed by atoms with Gasteiger partial charge in [0.1, 0.15) is 16.0 Å².